The zero-order chi connectivity index (χ0) is 12.3. The van der Waals surface area contributed by atoms with Gasteiger partial charge in [-0.1, -0.05) is 23.2 Å². The van der Waals surface area contributed by atoms with Gasteiger partial charge in [0.1, 0.15) is 6.67 Å². The third-order valence-corrected chi connectivity index (χ3v) is 3.63. The standard InChI is InChI=1S/C12H15Cl2FN2.2ClH/c13-9-1-2-11(14)10(7-9)12(8-15)17-5-3-16-4-6-17;;/h1-2,7,12,16H,3-6,8H2;2*1H/t12-;;/m1../s1. The molecule has 0 unspecified atom stereocenters. The number of halogens is 5. The number of benzene rings is 1. The molecule has 1 aliphatic heterocycles. The average Bonchev–Trinajstić information content (AvgIpc) is 2.36. The molecule has 2 nitrogen and oxygen atoms in total. The third-order valence-electron chi connectivity index (χ3n) is 3.06. The van der Waals surface area contributed by atoms with Crippen molar-refractivity contribution in [2.45, 2.75) is 6.04 Å². The van der Waals surface area contributed by atoms with Crippen LogP contribution >= 0.6 is 48.0 Å². The Bertz CT molecular complexity index is 386. The Morgan fingerprint density at radius 2 is 1.84 bits per heavy atom. The van der Waals surface area contributed by atoms with Crippen molar-refractivity contribution in [1.29, 1.82) is 0 Å². The summed E-state index contributed by atoms with van der Waals surface area (Å²) in [5.41, 5.74) is 0.781. The van der Waals surface area contributed by atoms with E-state index >= 15 is 0 Å². The first-order valence-electron chi connectivity index (χ1n) is 5.68. The third kappa shape index (κ3) is 4.92. The van der Waals surface area contributed by atoms with Crippen LogP contribution in [0.4, 0.5) is 4.39 Å². The van der Waals surface area contributed by atoms with Gasteiger partial charge in [0.2, 0.25) is 0 Å². The maximum Gasteiger partial charge on any atom is 0.109 e. The number of piperazine rings is 1. The zero-order valence-corrected chi connectivity index (χ0v) is 13.4. The van der Waals surface area contributed by atoms with Gasteiger partial charge in [0, 0.05) is 36.2 Å². The van der Waals surface area contributed by atoms with Crippen LogP contribution in [0.15, 0.2) is 18.2 Å². The van der Waals surface area contributed by atoms with Gasteiger partial charge in [-0.2, -0.15) is 0 Å². The molecule has 1 fully saturated rings. The summed E-state index contributed by atoms with van der Waals surface area (Å²) in [6, 6.07) is 4.92. The molecule has 1 aromatic carbocycles. The van der Waals surface area contributed by atoms with Crippen LogP contribution in [-0.2, 0) is 0 Å². The maximum atomic E-state index is 13.3. The second-order valence-corrected chi connectivity index (χ2v) is 4.97. The van der Waals surface area contributed by atoms with Crippen LogP contribution in [0.2, 0.25) is 10.0 Å². The van der Waals surface area contributed by atoms with Crippen molar-refractivity contribution in [2.75, 3.05) is 32.9 Å². The van der Waals surface area contributed by atoms with E-state index in [1.807, 2.05) is 0 Å². The Kier molecular flexibility index (Phi) is 9.33. The van der Waals surface area contributed by atoms with Gasteiger partial charge in [0.15, 0.2) is 0 Å². The van der Waals surface area contributed by atoms with Gasteiger partial charge < -0.3 is 5.32 Å². The summed E-state index contributed by atoms with van der Waals surface area (Å²) in [4.78, 5) is 2.11. The molecule has 0 aromatic heterocycles. The lowest BCUT2D eigenvalue weighted by atomic mass is 10.1. The van der Waals surface area contributed by atoms with E-state index in [9.17, 15) is 4.39 Å². The minimum absolute atomic E-state index is 0. The quantitative estimate of drug-likeness (QED) is 0.893. The number of rotatable bonds is 3. The van der Waals surface area contributed by atoms with E-state index in [-0.39, 0.29) is 30.9 Å². The van der Waals surface area contributed by atoms with E-state index in [0.29, 0.717) is 10.0 Å². The molecule has 1 N–H and O–H groups in total. The van der Waals surface area contributed by atoms with Crippen LogP contribution in [0.5, 0.6) is 0 Å². The Morgan fingerprint density at radius 3 is 2.42 bits per heavy atom. The molecule has 2 rings (SSSR count). The molecule has 0 radical (unpaired) electrons. The molecule has 110 valence electrons. The van der Waals surface area contributed by atoms with Crippen molar-refractivity contribution in [3.63, 3.8) is 0 Å². The van der Waals surface area contributed by atoms with Crippen molar-refractivity contribution in [1.82, 2.24) is 10.2 Å². The van der Waals surface area contributed by atoms with Crippen LogP contribution < -0.4 is 5.32 Å². The highest BCUT2D eigenvalue weighted by Crippen LogP contribution is 2.30. The Morgan fingerprint density at radius 1 is 1.21 bits per heavy atom. The number of alkyl halides is 1. The minimum Gasteiger partial charge on any atom is -0.314 e. The fraction of sp³-hybridized carbons (Fsp3) is 0.500. The normalized spacial score (nSPS) is 17.2. The van der Waals surface area contributed by atoms with Gasteiger partial charge in [-0.05, 0) is 23.8 Å². The van der Waals surface area contributed by atoms with E-state index in [2.05, 4.69) is 10.2 Å². The molecule has 1 atom stereocenters. The van der Waals surface area contributed by atoms with Crippen molar-refractivity contribution in [2.24, 2.45) is 0 Å². The van der Waals surface area contributed by atoms with Gasteiger partial charge in [-0.3, -0.25) is 4.90 Å². The molecule has 1 aliphatic rings. The second kappa shape index (κ2) is 9.22. The van der Waals surface area contributed by atoms with Gasteiger partial charge in [-0.15, -0.1) is 24.8 Å². The van der Waals surface area contributed by atoms with E-state index in [4.69, 9.17) is 23.2 Å². The van der Waals surface area contributed by atoms with Crippen LogP contribution in [0.25, 0.3) is 0 Å². The Hall–Kier alpha value is 0.230. The summed E-state index contributed by atoms with van der Waals surface area (Å²) >= 11 is 12.1. The second-order valence-electron chi connectivity index (χ2n) is 4.12. The summed E-state index contributed by atoms with van der Waals surface area (Å²) in [7, 11) is 0. The molecule has 1 aromatic rings. The van der Waals surface area contributed by atoms with Crippen molar-refractivity contribution < 1.29 is 4.39 Å². The number of hydrogen-bond donors (Lipinski definition) is 1. The van der Waals surface area contributed by atoms with E-state index in [1.165, 1.54) is 0 Å². The zero-order valence-electron chi connectivity index (χ0n) is 10.2. The molecule has 1 saturated heterocycles. The van der Waals surface area contributed by atoms with Gasteiger partial charge >= 0.3 is 0 Å². The molecule has 0 bridgehead atoms. The summed E-state index contributed by atoms with van der Waals surface area (Å²) in [5, 5.41) is 4.42. The number of nitrogens with zero attached hydrogens (tertiary/aromatic N) is 1. The van der Waals surface area contributed by atoms with Crippen molar-refractivity contribution >= 4 is 48.0 Å². The van der Waals surface area contributed by atoms with Crippen LogP contribution in [-0.4, -0.2) is 37.8 Å². The molecule has 7 heteroatoms. The largest absolute Gasteiger partial charge is 0.314 e. The minimum atomic E-state index is -0.444. The summed E-state index contributed by atoms with van der Waals surface area (Å²) in [6.07, 6.45) is 0. The topological polar surface area (TPSA) is 15.3 Å². The van der Waals surface area contributed by atoms with Crippen molar-refractivity contribution in [3.05, 3.63) is 33.8 Å². The predicted octanol–water partition coefficient (Wildman–Crippen LogP) is 3.75. The molecule has 0 amide bonds. The molecule has 19 heavy (non-hydrogen) atoms. The van der Waals surface area contributed by atoms with Crippen LogP contribution in [0.1, 0.15) is 11.6 Å². The Balaban J connectivity index is 0.00000162. The average molecular weight is 350 g/mol. The lowest BCUT2D eigenvalue weighted by molar-refractivity contribution is 0.147. The maximum absolute atomic E-state index is 13.3. The molecule has 1 heterocycles. The molecular weight excluding hydrogens is 333 g/mol. The Labute approximate surface area is 135 Å². The van der Waals surface area contributed by atoms with Gasteiger partial charge in [0.05, 0.1) is 6.04 Å². The van der Waals surface area contributed by atoms with E-state index in [0.717, 1.165) is 31.7 Å². The fourth-order valence-electron chi connectivity index (χ4n) is 2.14. The lowest BCUT2D eigenvalue weighted by Crippen LogP contribution is -2.45. The van der Waals surface area contributed by atoms with Gasteiger partial charge in [-0.25, -0.2) is 4.39 Å². The SMILES string of the molecule is Cl.Cl.FC[C@H](c1cc(Cl)ccc1Cl)N1CCNCC1. The highest BCUT2D eigenvalue weighted by Gasteiger charge is 2.24. The smallest absolute Gasteiger partial charge is 0.109 e. The monoisotopic (exact) mass is 348 g/mol. The number of hydrogen-bond acceptors (Lipinski definition) is 2. The highest BCUT2D eigenvalue weighted by molar-refractivity contribution is 6.33. The molecule has 0 saturated carbocycles. The number of nitrogens with one attached hydrogen (secondary N) is 1. The van der Waals surface area contributed by atoms with Crippen molar-refractivity contribution in [3.8, 4) is 0 Å². The summed E-state index contributed by atoms with van der Waals surface area (Å²) < 4.78 is 13.3. The molecule has 0 spiro atoms. The molecule has 0 aliphatic carbocycles. The lowest BCUT2D eigenvalue weighted by Gasteiger charge is -2.34. The van der Waals surface area contributed by atoms with Crippen LogP contribution in [0, 0.1) is 0 Å². The van der Waals surface area contributed by atoms with Crippen LogP contribution in [0.3, 0.4) is 0 Å². The first-order valence-corrected chi connectivity index (χ1v) is 6.43. The van der Waals surface area contributed by atoms with E-state index < -0.39 is 6.67 Å². The van der Waals surface area contributed by atoms with E-state index in [1.54, 1.807) is 18.2 Å². The predicted molar refractivity (Wildman–Crippen MR) is 84.1 cm³/mol. The first-order chi connectivity index (χ1) is 8.22. The van der Waals surface area contributed by atoms with Gasteiger partial charge in [0.25, 0.3) is 0 Å². The fourth-order valence-corrected chi connectivity index (χ4v) is 2.57. The highest BCUT2D eigenvalue weighted by atomic mass is 35.5. The summed E-state index contributed by atoms with van der Waals surface area (Å²) in [6.45, 7) is 2.98. The molecular formula is C12H17Cl4FN2. The first kappa shape index (κ1) is 19.2. The summed E-state index contributed by atoms with van der Waals surface area (Å²) in [5.74, 6) is 0.